The van der Waals surface area contributed by atoms with Gasteiger partial charge < -0.3 is 10.1 Å². The molecule has 0 fully saturated rings. The van der Waals surface area contributed by atoms with E-state index < -0.39 is 11.6 Å². The first-order valence-electron chi connectivity index (χ1n) is 8.51. The average Bonchev–Trinajstić information content (AvgIpc) is 3.09. The Morgan fingerprint density at radius 1 is 1.33 bits per heavy atom. The molecule has 6 heteroatoms. The van der Waals surface area contributed by atoms with Gasteiger partial charge >= 0.3 is 0 Å². The predicted molar refractivity (Wildman–Crippen MR) is 105 cm³/mol. The van der Waals surface area contributed by atoms with Crippen molar-refractivity contribution in [1.82, 2.24) is 5.32 Å². The number of hydrogen-bond acceptors (Lipinski definition) is 3. The summed E-state index contributed by atoms with van der Waals surface area (Å²) in [5.41, 5.74) is 2.95. The molecular weight excluding hydrogens is 370 g/mol. The van der Waals surface area contributed by atoms with Crippen molar-refractivity contribution in [2.45, 2.75) is 19.9 Å². The number of nitrogens with zero attached hydrogens (tertiary/aromatic N) is 1. The zero-order chi connectivity index (χ0) is 19.4. The Morgan fingerprint density at radius 3 is 2.78 bits per heavy atom. The van der Waals surface area contributed by atoms with E-state index in [0.29, 0.717) is 23.0 Å². The monoisotopic (exact) mass is 388 g/mol. The highest BCUT2D eigenvalue weighted by molar-refractivity contribution is 6.32. The molecule has 0 atom stereocenters. The third kappa shape index (κ3) is 4.37. The molecule has 0 spiro atoms. The number of rotatable bonds is 6. The van der Waals surface area contributed by atoms with Gasteiger partial charge in [-0.25, -0.2) is 8.78 Å². The van der Waals surface area contributed by atoms with Gasteiger partial charge in [-0.15, -0.1) is 0 Å². The molecule has 0 saturated carbocycles. The molecule has 0 amide bonds. The topological polar surface area (TPSA) is 33.6 Å². The fourth-order valence-corrected chi connectivity index (χ4v) is 3.04. The summed E-state index contributed by atoms with van der Waals surface area (Å²) in [5, 5.41) is 3.41. The molecular formula is C21H19ClF2N2O. The van der Waals surface area contributed by atoms with Crippen molar-refractivity contribution in [2.75, 3.05) is 6.61 Å². The first-order chi connectivity index (χ1) is 13.0. The van der Waals surface area contributed by atoms with Crippen molar-refractivity contribution < 1.29 is 13.5 Å². The molecule has 1 N–H and O–H groups in total. The van der Waals surface area contributed by atoms with Gasteiger partial charge in [0.25, 0.3) is 0 Å². The number of aliphatic imine (C=N–C) groups is 1. The summed E-state index contributed by atoms with van der Waals surface area (Å²) < 4.78 is 32.8. The fraction of sp³-hybridized carbons (Fsp3) is 0.190. The minimum atomic E-state index is -0.603. The number of allylic oxidation sites excluding steroid dienone is 2. The normalized spacial score (nSPS) is 13.6. The largest absolute Gasteiger partial charge is 0.493 e. The molecule has 140 valence electrons. The maximum atomic E-state index is 13.7. The summed E-state index contributed by atoms with van der Waals surface area (Å²) in [6, 6.07) is 7.53. The Bertz CT molecular complexity index is 918. The highest BCUT2D eigenvalue weighted by atomic mass is 35.5. The molecule has 3 rings (SSSR count). The minimum absolute atomic E-state index is 0.0223. The van der Waals surface area contributed by atoms with Crippen molar-refractivity contribution in [2.24, 2.45) is 4.99 Å². The lowest BCUT2D eigenvalue weighted by atomic mass is 10.1. The minimum Gasteiger partial charge on any atom is -0.493 e. The molecule has 0 aliphatic carbocycles. The quantitative estimate of drug-likeness (QED) is 0.682. The van der Waals surface area contributed by atoms with Crippen molar-refractivity contribution in [3.8, 4) is 5.75 Å². The van der Waals surface area contributed by atoms with Crippen LogP contribution in [0.2, 0.25) is 5.02 Å². The Labute approximate surface area is 162 Å². The van der Waals surface area contributed by atoms with Gasteiger partial charge in [0.15, 0.2) is 0 Å². The van der Waals surface area contributed by atoms with Crippen LogP contribution < -0.4 is 10.1 Å². The van der Waals surface area contributed by atoms with E-state index >= 15 is 0 Å². The number of hydrogen-bond donors (Lipinski definition) is 1. The van der Waals surface area contributed by atoms with Gasteiger partial charge in [0.05, 0.1) is 23.5 Å². The average molecular weight is 389 g/mol. The second-order valence-electron chi connectivity index (χ2n) is 6.05. The van der Waals surface area contributed by atoms with Crippen LogP contribution in [-0.4, -0.2) is 12.8 Å². The molecule has 1 aliphatic rings. The van der Waals surface area contributed by atoms with Crippen LogP contribution in [0.15, 0.2) is 53.7 Å². The standard InChI is InChI=1S/C21H19ClF2N2O/c1-3-20(15-9-14-7-8-27-21(14)10-17(15)22)26-11-13(2)25-12-16-18(23)5-4-6-19(16)24/h3-6,9-11,25H,2,7-8,12H2,1H3/b20-3-,26-11?. The van der Waals surface area contributed by atoms with Crippen LogP contribution >= 0.6 is 11.6 Å². The van der Waals surface area contributed by atoms with Crippen molar-refractivity contribution in [3.05, 3.63) is 82.0 Å². The summed E-state index contributed by atoms with van der Waals surface area (Å²) in [6.07, 6.45) is 4.18. The van der Waals surface area contributed by atoms with E-state index in [1.54, 1.807) is 6.07 Å². The summed E-state index contributed by atoms with van der Waals surface area (Å²) in [5.74, 6) is -0.400. The number of nitrogens with one attached hydrogen (secondary N) is 1. The van der Waals surface area contributed by atoms with E-state index in [1.165, 1.54) is 24.4 Å². The maximum absolute atomic E-state index is 13.7. The van der Waals surface area contributed by atoms with Crippen molar-refractivity contribution >= 4 is 23.5 Å². The fourth-order valence-electron chi connectivity index (χ4n) is 2.79. The van der Waals surface area contributed by atoms with E-state index in [0.717, 1.165) is 23.3 Å². The van der Waals surface area contributed by atoms with E-state index in [-0.39, 0.29) is 12.1 Å². The van der Waals surface area contributed by atoms with Gasteiger partial charge in [0.2, 0.25) is 0 Å². The van der Waals surface area contributed by atoms with E-state index in [1.807, 2.05) is 19.1 Å². The summed E-state index contributed by atoms with van der Waals surface area (Å²) in [6.45, 7) is 6.31. The highest BCUT2D eigenvalue weighted by Crippen LogP contribution is 2.35. The van der Waals surface area contributed by atoms with Crippen LogP contribution in [0, 0.1) is 11.6 Å². The molecule has 0 unspecified atom stereocenters. The van der Waals surface area contributed by atoms with Crippen molar-refractivity contribution in [3.63, 3.8) is 0 Å². The lowest BCUT2D eigenvalue weighted by Crippen LogP contribution is -2.15. The highest BCUT2D eigenvalue weighted by Gasteiger charge is 2.16. The van der Waals surface area contributed by atoms with Gasteiger partial charge in [-0.1, -0.05) is 30.3 Å². The van der Waals surface area contributed by atoms with Crippen LogP contribution in [0.4, 0.5) is 8.78 Å². The first kappa shape index (κ1) is 19.1. The third-order valence-corrected chi connectivity index (χ3v) is 4.55. The van der Waals surface area contributed by atoms with E-state index in [2.05, 4.69) is 16.9 Å². The molecule has 3 nitrogen and oxygen atoms in total. The molecule has 1 aliphatic heterocycles. The molecule has 2 aromatic rings. The molecule has 0 bridgehead atoms. The predicted octanol–water partition coefficient (Wildman–Crippen LogP) is 5.29. The molecule has 0 saturated heterocycles. The van der Waals surface area contributed by atoms with Crippen LogP contribution in [0.5, 0.6) is 5.75 Å². The first-order valence-corrected chi connectivity index (χ1v) is 8.89. The smallest absolute Gasteiger partial charge is 0.131 e. The molecule has 2 aromatic carbocycles. The van der Waals surface area contributed by atoms with Crippen LogP contribution in [0.1, 0.15) is 23.6 Å². The lowest BCUT2D eigenvalue weighted by Gasteiger charge is -2.09. The second-order valence-corrected chi connectivity index (χ2v) is 6.46. The number of halogens is 3. The second kappa shape index (κ2) is 8.35. The Morgan fingerprint density at radius 2 is 2.07 bits per heavy atom. The van der Waals surface area contributed by atoms with Crippen LogP contribution in [-0.2, 0) is 13.0 Å². The number of fused-ring (bicyclic) bond motifs is 1. The third-order valence-electron chi connectivity index (χ3n) is 4.24. The van der Waals surface area contributed by atoms with E-state index in [4.69, 9.17) is 16.3 Å². The Balaban J connectivity index is 1.70. The molecule has 0 radical (unpaired) electrons. The van der Waals surface area contributed by atoms with Gasteiger partial charge in [0, 0.05) is 29.8 Å². The molecule has 27 heavy (non-hydrogen) atoms. The van der Waals surface area contributed by atoms with Crippen LogP contribution in [0.3, 0.4) is 0 Å². The van der Waals surface area contributed by atoms with Gasteiger partial charge in [-0.3, -0.25) is 4.99 Å². The Kier molecular flexibility index (Phi) is 5.91. The molecule has 1 heterocycles. The van der Waals surface area contributed by atoms with Crippen LogP contribution in [0.25, 0.3) is 5.70 Å². The van der Waals surface area contributed by atoms with Gasteiger partial charge in [-0.2, -0.15) is 0 Å². The van der Waals surface area contributed by atoms with Crippen molar-refractivity contribution in [1.29, 1.82) is 0 Å². The number of ether oxygens (including phenoxy) is 1. The zero-order valence-electron chi connectivity index (χ0n) is 14.9. The van der Waals surface area contributed by atoms with E-state index in [9.17, 15) is 8.78 Å². The summed E-state index contributed by atoms with van der Waals surface area (Å²) in [7, 11) is 0. The summed E-state index contributed by atoms with van der Waals surface area (Å²) in [4.78, 5) is 4.42. The van der Waals surface area contributed by atoms with Gasteiger partial charge in [-0.05, 0) is 36.8 Å². The molecule has 0 aromatic heterocycles. The summed E-state index contributed by atoms with van der Waals surface area (Å²) >= 11 is 6.36. The Hall–Kier alpha value is -2.66. The van der Waals surface area contributed by atoms with Gasteiger partial charge in [0.1, 0.15) is 17.4 Å². The maximum Gasteiger partial charge on any atom is 0.131 e. The SMILES string of the molecule is C=C(C=N/C(=C\C)c1cc2c(cc1Cl)OCC2)NCc1c(F)cccc1F. The number of benzene rings is 2. The zero-order valence-corrected chi connectivity index (χ0v) is 15.6. The lowest BCUT2D eigenvalue weighted by molar-refractivity contribution is 0.357.